The quantitative estimate of drug-likeness (QED) is 0.449. The van der Waals surface area contributed by atoms with Gasteiger partial charge in [0.05, 0.1) is 12.0 Å². The van der Waals surface area contributed by atoms with Gasteiger partial charge in [-0.3, -0.25) is 9.59 Å². The van der Waals surface area contributed by atoms with Gasteiger partial charge in [0.1, 0.15) is 5.69 Å². The summed E-state index contributed by atoms with van der Waals surface area (Å²) < 4.78 is 7.27. The minimum atomic E-state index is -0.145. The summed E-state index contributed by atoms with van der Waals surface area (Å²) in [5.74, 6) is 0.382. The van der Waals surface area contributed by atoms with Crippen molar-refractivity contribution in [2.45, 2.75) is 18.9 Å². The highest BCUT2D eigenvalue weighted by Crippen LogP contribution is 2.26. The Kier molecular flexibility index (Phi) is 6.18. The van der Waals surface area contributed by atoms with E-state index >= 15 is 0 Å². The van der Waals surface area contributed by atoms with Gasteiger partial charge in [-0.05, 0) is 61.4 Å². The molecule has 4 aromatic rings. The predicted molar refractivity (Wildman–Crippen MR) is 129 cm³/mol. The molecule has 0 unspecified atom stereocenters. The van der Waals surface area contributed by atoms with Gasteiger partial charge >= 0.3 is 0 Å². The van der Waals surface area contributed by atoms with Gasteiger partial charge in [0.2, 0.25) is 0 Å². The lowest BCUT2D eigenvalue weighted by Gasteiger charge is -2.32. The summed E-state index contributed by atoms with van der Waals surface area (Å²) in [4.78, 5) is 27.5. The van der Waals surface area contributed by atoms with Crippen molar-refractivity contribution >= 4 is 23.4 Å². The molecule has 7 nitrogen and oxygen atoms in total. The first-order valence-electron chi connectivity index (χ1n) is 11.1. The maximum Gasteiger partial charge on any atom is 0.274 e. The number of piperidine rings is 1. The number of hydrogen-bond donors (Lipinski definition) is 1. The fourth-order valence-electron chi connectivity index (χ4n) is 4.11. The summed E-state index contributed by atoms with van der Waals surface area (Å²) in [7, 11) is 0. The van der Waals surface area contributed by atoms with Gasteiger partial charge < -0.3 is 14.6 Å². The maximum absolute atomic E-state index is 13.3. The zero-order chi connectivity index (χ0) is 23.5. The van der Waals surface area contributed by atoms with Crippen LogP contribution in [0.4, 0.5) is 0 Å². The molecule has 1 aliphatic heterocycles. The molecule has 5 rings (SSSR count). The fourth-order valence-corrected chi connectivity index (χ4v) is 4.24. The van der Waals surface area contributed by atoms with E-state index in [1.54, 1.807) is 52.2 Å². The van der Waals surface area contributed by atoms with Crippen molar-refractivity contribution < 1.29 is 14.0 Å². The Labute approximate surface area is 201 Å². The molecule has 3 heterocycles. The second-order valence-corrected chi connectivity index (χ2v) is 8.62. The van der Waals surface area contributed by atoms with E-state index in [2.05, 4.69) is 10.4 Å². The van der Waals surface area contributed by atoms with Crippen molar-refractivity contribution in [3.05, 3.63) is 95.3 Å². The van der Waals surface area contributed by atoms with Crippen molar-refractivity contribution in [1.82, 2.24) is 20.0 Å². The van der Waals surface area contributed by atoms with Crippen LogP contribution in [0.3, 0.4) is 0 Å². The second-order valence-electron chi connectivity index (χ2n) is 8.19. The van der Waals surface area contributed by atoms with Crippen LogP contribution in [0.5, 0.6) is 0 Å². The number of nitrogens with zero attached hydrogens (tertiary/aromatic N) is 3. The highest BCUT2D eigenvalue weighted by atomic mass is 35.5. The molecule has 0 aliphatic carbocycles. The first-order chi connectivity index (χ1) is 16.6. The third kappa shape index (κ3) is 4.61. The largest absolute Gasteiger partial charge is 0.463 e. The van der Waals surface area contributed by atoms with Crippen LogP contribution in [-0.4, -0.2) is 45.6 Å². The average molecular weight is 475 g/mol. The number of amides is 2. The zero-order valence-corrected chi connectivity index (χ0v) is 19.1. The first kappa shape index (κ1) is 22.0. The molecule has 1 aliphatic rings. The number of likely N-dealkylation sites (tertiary alicyclic amines) is 1. The molecule has 0 spiro atoms. The van der Waals surface area contributed by atoms with Gasteiger partial charge in [0.15, 0.2) is 11.5 Å². The van der Waals surface area contributed by atoms with Gasteiger partial charge in [0.25, 0.3) is 11.8 Å². The van der Waals surface area contributed by atoms with Crippen LogP contribution < -0.4 is 5.32 Å². The number of aromatic nitrogens is 2. The van der Waals surface area contributed by atoms with Crippen molar-refractivity contribution in [2.24, 2.45) is 0 Å². The molecule has 0 bridgehead atoms. The monoisotopic (exact) mass is 474 g/mol. The fraction of sp³-hybridized carbons (Fsp3) is 0.192. The Morgan fingerprint density at radius 2 is 1.71 bits per heavy atom. The molecule has 172 valence electrons. The van der Waals surface area contributed by atoms with Crippen molar-refractivity contribution in [3.8, 4) is 17.1 Å². The van der Waals surface area contributed by atoms with E-state index in [9.17, 15) is 9.59 Å². The molecule has 0 atom stereocenters. The number of furan rings is 1. The topological polar surface area (TPSA) is 80.4 Å². The van der Waals surface area contributed by atoms with Crippen LogP contribution in [0.1, 0.15) is 33.7 Å². The first-order valence-corrected chi connectivity index (χ1v) is 11.5. The molecule has 8 heteroatoms. The van der Waals surface area contributed by atoms with E-state index in [0.29, 0.717) is 53.7 Å². The van der Waals surface area contributed by atoms with E-state index in [1.807, 2.05) is 36.4 Å². The third-order valence-electron chi connectivity index (χ3n) is 5.93. The summed E-state index contributed by atoms with van der Waals surface area (Å²) in [5, 5.41) is 8.29. The summed E-state index contributed by atoms with van der Waals surface area (Å²) in [6, 6.07) is 21.8. The molecule has 34 heavy (non-hydrogen) atoms. The second kappa shape index (κ2) is 9.57. The molecular formula is C26H23ClN4O3. The molecule has 1 fully saturated rings. The molecule has 0 saturated carbocycles. The predicted octanol–water partition coefficient (Wildman–Crippen LogP) is 4.82. The van der Waals surface area contributed by atoms with Crippen molar-refractivity contribution in [1.29, 1.82) is 0 Å². The lowest BCUT2D eigenvalue weighted by molar-refractivity contribution is 0.0692. The molecule has 1 N–H and O–H groups in total. The zero-order valence-electron chi connectivity index (χ0n) is 18.4. The van der Waals surface area contributed by atoms with E-state index < -0.39 is 0 Å². The number of hydrogen-bond acceptors (Lipinski definition) is 4. The van der Waals surface area contributed by atoms with Gasteiger partial charge in [-0.25, -0.2) is 4.68 Å². The van der Waals surface area contributed by atoms with Crippen LogP contribution >= 0.6 is 11.6 Å². The standard InChI is InChI=1S/C26H23ClN4O3/c27-19-8-10-21(11-9-19)31-23(24-7-4-16-34-24)17-22(29-31)26(33)30-14-12-20(13-15-30)28-25(32)18-5-2-1-3-6-18/h1-11,16-17,20H,12-15H2,(H,28,32). The molecular weight excluding hydrogens is 452 g/mol. The lowest BCUT2D eigenvalue weighted by Crippen LogP contribution is -2.46. The van der Waals surface area contributed by atoms with Crippen LogP contribution in [0, 0.1) is 0 Å². The van der Waals surface area contributed by atoms with Gasteiger partial charge in [-0.2, -0.15) is 5.10 Å². The molecule has 2 aromatic carbocycles. The molecule has 2 amide bonds. The molecule has 2 aromatic heterocycles. The minimum Gasteiger partial charge on any atom is -0.463 e. The van der Waals surface area contributed by atoms with Gasteiger partial charge in [0, 0.05) is 35.8 Å². The number of rotatable bonds is 5. The van der Waals surface area contributed by atoms with E-state index in [4.69, 9.17) is 16.0 Å². The normalized spacial score (nSPS) is 14.2. The summed E-state index contributed by atoms with van der Waals surface area (Å²) in [5.41, 5.74) is 2.44. The highest BCUT2D eigenvalue weighted by molar-refractivity contribution is 6.30. The van der Waals surface area contributed by atoms with E-state index in [1.165, 1.54) is 0 Å². The van der Waals surface area contributed by atoms with E-state index in [-0.39, 0.29) is 17.9 Å². The van der Waals surface area contributed by atoms with Gasteiger partial charge in [-0.15, -0.1) is 0 Å². The number of carbonyl (C=O) groups is 2. The molecule has 1 saturated heterocycles. The summed E-state index contributed by atoms with van der Waals surface area (Å²) >= 11 is 6.04. The number of nitrogens with one attached hydrogen (secondary N) is 1. The lowest BCUT2D eigenvalue weighted by atomic mass is 10.0. The summed E-state index contributed by atoms with van der Waals surface area (Å²) in [6.07, 6.45) is 2.96. The Bertz CT molecular complexity index is 1280. The smallest absolute Gasteiger partial charge is 0.274 e. The number of benzene rings is 2. The van der Waals surface area contributed by atoms with Crippen LogP contribution in [0.15, 0.2) is 83.5 Å². The third-order valence-corrected chi connectivity index (χ3v) is 6.18. The Hall–Kier alpha value is -3.84. The van der Waals surface area contributed by atoms with Crippen molar-refractivity contribution in [3.63, 3.8) is 0 Å². The van der Waals surface area contributed by atoms with Crippen molar-refractivity contribution in [2.75, 3.05) is 13.1 Å². The number of carbonyl (C=O) groups excluding carboxylic acids is 2. The maximum atomic E-state index is 13.3. The SMILES string of the molecule is O=C(NC1CCN(C(=O)c2cc(-c3ccco3)n(-c3ccc(Cl)cc3)n2)CC1)c1ccccc1. The Morgan fingerprint density at radius 1 is 0.971 bits per heavy atom. The summed E-state index contributed by atoms with van der Waals surface area (Å²) in [6.45, 7) is 1.09. The number of halogens is 1. The van der Waals surface area contributed by atoms with Crippen LogP contribution in [0.2, 0.25) is 5.02 Å². The minimum absolute atomic E-state index is 0.0297. The van der Waals surface area contributed by atoms with Crippen LogP contribution in [-0.2, 0) is 0 Å². The van der Waals surface area contributed by atoms with Gasteiger partial charge in [-0.1, -0.05) is 29.8 Å². The van der Waals surface area contributed by atoms with E-state index in [0.717, 1.165) is 5.69 Å². The Morgan fingerprint density at radius 3 is 2.38 bits per heavy atom. The molecule has 0 radical (unpaired) electrons. The van der Waals surface area contributed by atoms with Crippen LogP contribution in [0.25, 0.3) is 17.1 Å². The highest BCUT2D eigenvalue weighted by Gasteiger charge is 2.27. The average Bonchev–Trinajstić information content (AvgIpc) is 3.55. The Balaban J connectivity index is 1.30.